The van der Waals surface area contributed by atoms with Gasteiger partial charge in [-0.1, -0.05) is 20.3 Å². The van der Waals surface area contributed by atoms with Crippen molar-refractivity contribution in [3.8, 4) is 0 Å². The summed E-state index contributed by atoms with van der Waals surface area (Å²) in [4.78, 5) is 6.58. The molecule has 0 aliphatic carbocycles. The number of β-amino-alcohol motifs (C(OH)–C–C–N with tert-alkyl or cyclic N) is 1. The molecule has 20 heavy (non-hydrogen) atoms. The van der Waals surface area contributed by atoms with Crippen LogP contribution in [-0.4, -0.2) is 56.1 Å². The Bertz CT molecular complexity index is 423. The predicted octanol–water partition coefficient (Wildman–Crippen LogP) is 0.712. The molecular weight excluding hydrogens is 256 g/mol. The van der Waals surface area contributed by atoms with Gasteiger partial charge in [-0.2, -0.15) is 5.10 Å². The van der Waals surface area contributed by atoms with Crippen LogP contribution < -0.4 is 0 Å². The zero-order valence-corrected chi connectivity index (χ0v) is 12.5. The number of rotatable bonds is 6. The molecule has 2 atom stereocenters. The Labute approximate surface area is 120 Å². The summed E-state index contributed by atoms with van der Waals surface area (Å²) in [7, 11) is 0. The summed E-state index contributed by atoms with van der Waals surface area (Å²) in [6.07, 6.45) is 3.03. The summed E-state index contributed by atoms with van der Waals surface area (Å²) in [6, 6.07) is 0. The summed E-state index contributed by atoms with van der Waals surface area (Å²) < 4.78 is 0. The maximum Gasteiger partial charge on any atom is 0.150 e. The van der Waals surface area contributed by atoms with Crippen molar-refractivity contribution in [1.29, 1.82) is 0 Å². The Balaban J connectivity index is 1.94. The van der Waals surface area contributed by atoms with Gasteiger partial charge >= 0.3 is 0 Å². The molecule has 1 aromatic rings. The van der Waals surface area contributed by atoms with Crippen molar-refractivity contribution >= 4 is 0 Å². The van der Waals surface area contributed by atoms with E-state index in [0.29, 0.717) is 13.1 Å². The second-order valence-electron chi connectivity index (χ2n) is 5.82. The van der Waals surface area contributed by atoms with Gasteiger partial charge in [0.2, 0.25) is 0 Å². The fraction of sp³-hybridized carbons (Fsp3) is 0.857. The third-order valence-electron chi connectivity index (χ3n) is 4.39. The van der Waals surface area contributed by atoms with E-state index in [4.69, 9.17) is 0 Å². The van der Waals surface area contributed by atoms with Gasteiger partial charge in [-0.15, -0.1) is 0 Å². The molecule has 114 valence electrons. The van der Waals surface area contributed by atoms with Crippen LogP contribution in [0.1, 0.15) is 44.8 Å². The molecule has 1 aliphatic heterocycles. The van der Waals surface area contributed by atoms with Gasteiger partial charge in [-0.25, -0.2) is 4.98 Å². The summed E-state index contributed by atoms with van der Waals surface area (Å²) in [6.45, 7) is 6.33. The maximum atomic E-state index is 10.4. The zero-order valence-electron chi connectivity index (χ0n) is 12.5. The van der Waals surface area contributed by atoms with E-state index in [1.807, 2.05) is 6.92 Å². The van der Waals surface area contributed by atoms with Crippen molar-refractivity contribution in [3.63, 3.8) is 0 Å². The molecule has 0 saturated carbocycles. The van der Waals surface area contributed by atoms with Crippen LogP contribution >= 0.6 is 0 Å². The number of hydrogen-bond donors (Lipinski definition) is 3. The quantitative estimate of drug-likeness (QED) is 0.715. The smallest absolute Gasteiger partial charge is 0.150 e. The number of likely N-dealkylation sites (tertiary alicyclic amines) is 1. The number of piperidine rings is 1. The van der Waals surface area contributed by atoms with Crippen molar-refractivity contribution in [2.75, 3.05) is 19.7 Å². The van der Waals surface area contributed by atoms with Gasteiger partial charge in [-0.3, -0.25) is 10.00 Å². The number of nitrogens with zero attached hydrogens (tertiary/aromatic N) is 3. The van der Waals surface area contributed by atoms with Gasteiger partial charge in [0, 0.05) is 18.4 Å². The Hall–Kier alpha value is -0.980. The van der Waals surface area contributed by atoms with E-state index in [0.717, 1.165) is 43.9 Å². The highest BCUT2D eigenvalue weighted by molar-refractivity contribution is 4.95. The molecule has 6 heteroatoms. The van der Waals surface area contributed by atoms with Gasteiger partial charge in [0.15, 0.2) is 0 Å². The second kappa shape index (κ2) is 6.65. The minimum Gasteiger partial charge on any atom is -0.396 e. The molecule has 1 aliphatic rings. The van der Waals surface area contributed by atoms with E-state index in [1.165, 1.54) is 0 Å². The first-order chi connectivity index (χ1) is 9.63. The first kappa shape index (κ1) is 15.4. The van der Waals surface area contributed by atoms with Crippen LogP contribution in [0.15, 0.2) is 0 Å². The molecule has 0 radical (unpaired) electrons. The van der Waals surface area contributed by atoms with E-state index >= 15 is 0 Å². The van der Waals surface area contributed by atoms with Crippen LogP contribution in [0.2, 0.25) is 0 Å². The molecule has 0 aromatic carbocycles. The van der Waals surface area contributed by atoms with Crippen LogP contribution in [0.5, 0.6) is 0 Å². The van der Waals surface area contributed by atoms with Crippen molar-refractivity contribution in [2.45, 2.75) is 52.2 Å². The molecule has 2 heterocycles. The minimum absolute atomic E-state index is 0.0676. The third kappa shape index (κ3) is 3.19. The molecule has 1 aromatic heterocycles. The molecular formula is C14H26N4O2. The Kier molecular flexibility index (Phi) is 5.12. The summed E-state index contributed by atoms with van der Waals surface area (Å²) in [5.74, 6) is 1.68. The lowest BCUT2D eigenvalue weighted by molar-refractivity contribution is -0.0806. The topological polar surface area (TPSA) is 85.3 Å². The highest BCUT2D eigenvalue weighted by Gasteiger charge is 2.41. The first-order valence-corrected chi connectivity index (χ1v) is 7.55. The fourth-order valence-corrected chi connectivity index (χ4v) is 3.05. The van der Waals surface area contributed by atoms with Crippen molar-refractivity contribution in [2.24, 2.45) is 5.41 Å². The van der Waals surface area contributed by atoms with E-state index in [2.05, 4.69) is 27.0 Å². The lowest BCUT2D eigenvalue weighted by Crippen LogP contribution is -2.52. The normalized spacial score (nSPS) is 27.9. The van der Waals surface area contributed by atoms with E-state index < -0.39 is 6.10 Å². The SMILES string of the molecule is CCC[C@]1(CO)CCN(Cc2nc(CC)n[nH]2)C[C@@H]1O. The Morgan fingerprint density at radius 3 is 2.80 bits per heavy atom. The van der Waals surface area contributed by atoms with Crippen LogP contribution in [-0.2, 0) is 13.0 Å². The molecule has 1 fully saturated rings. The standard InChI is InChI=1S/C14H26N4O2/c1-3-5-14(10-19)6-7-18(8-11(14)20)9-13-15-12(4-2)16-17-13/h11,19-20H,3-10H2,1-2H3,(H,15,16,17)/t11-,14+/m0/s1. The van der Waals surface area contributed by atoms with E-state index in [-0.39, 0.29) is 12.0 Å². The van der Waals surface area contributed by atoms with Crippen LogP contribution in [0.25, 0.3) is 0 Å². The molecule has 3 N–H and O–H groups in total. The van der Waals surface area contributed by atoms with Crippen LogP contribution in [0.3, 0.4) is 0 Å². The number of aromatic amines is 1. The summed E-state index contributed by atoms with van der Waals surface area (Å²) in [5.41, 5.74) is -0.318. The average Bonchev–Trinajstić information content (AvgIpc) is 2.90. The van der Waals surface area contributed by atoms with E-state index in [9.17, 15) is 10.2 Å². The molecule has 1 saturated heterocycles. The zero-order chi connectivity index (χ0) is 14.6. The maximum absolute atomic E-state index is 10.4. The molecule has 0 bridgehead atoms. The third-order valence-corrected chi connectivity index (χ3v) is 4.39. The minimum atomic E-state index is -0.477. The first-order valence-electron chi connectivity index (χ1n) is 7.55. The number of hydrogen-bond acceptors (Lipinski definition) is 5. The number of aromatic nitrogens is 3. The summed E-state index contributed by atoms with van der Waals surface area (Å²) >= 11 is 0. The number of nitrogens with one attached hydrogen (secondary N) is 1. The highest BCUT2D eigenvalue weighted by atomic mass is 16.3. The lowest BCUT2D eigenvalue weighted by atomic mass is 9.73. The Morgan fingerprint density at radius 2 is 2.25 bits per heavy atom. The Morgan fingerprint density at radius 1 is 1.45 bits per heavy atom. The number of H-pyrrole nitrogens is 1. The fourth-order valence-electron chi connectivity index (χ4n) is 3.05. The molecule has 2 rings (SSSR count). The van der Waals surface area contributed by atoms with Crippen LogP contribution in [0.4, 0.5) is 0 Å². The van der Waals surface area contributed by atoms with E-state index in [1.54, 1.807) is 0 Å². The van der Waals surface area contributed by atoms with Crippen molar-refractivity contribution < 1.29 is 10.2 Å². The van der Waals surface area contributed by atoms with Crippen LogP contribution in [0, 0.1) is 5.41 Å². The van der Waals surface area contributed by atoms with Gasteiger partial charge in [-0.05, 0) is 19.4 Å². The summed E-state index contributed by atoms with van der Waals surface area (Å²) in [5, 5.41) is 27.1. The van der Waals surface area contributed by atoms with Crippen molar-refractivity contribution in [1.82, 2.24) is 20.1 Å². The largest absolute Gasteiger partial charge is 0.396 e. The number of aliphatic hydroxyl groups is 2. The molecule has 0 unspecified atom stereocenters. The lowest BCUT2D eigenvalue weighted by Gasteiger charge is -2.44. The predicted molar refractivity (Wildman–Crippen MR) is 76.1 cm³/mol. The highest BCUT2D eigenvalue weighted by Crippen LogP contribution is 2.36. The monoisotopic (exact) mass is 282 g/mol. The molecule has 6 nitrogen and oxygen atoms in total. The van der Waals surface area contributed by atoms with Gasteiger partial charge in [0.1, 0.15) is 11.6 Å². The molecule has 0 spiro atoms. The average molecular weight is 282 g/mol. The van der Waals surface area contributed by atoms with Crippen molar-refractivity contribution in [3.05, 3.63) is 11.6 Å². The van der Waals surface area contributed by atoms with Gasteiger partial charge in [0.25, 0.3) is 0 Å². The van der Waals surface area contributed by atoms with Gasteiger partial charge in [0.05, 0.1) is 19.3 Å². The van der Waals surface area contributed by atoms with Gasteiger partial charge < -0.3 is 10.2 Å². The number of aryl methyl sites for hydroxylation is 1. The number of aliphatic hydroxyl groups excluding tert-OH is 2. The second-order valence-corrected chi connectivity index (χ2v) is 5.82. The molecule has 0 amide bonds.